The van der Waals surface area contributed by atoms with Gasteiger partial charge in [0.2, 0.25) is 5.88 Å². The summed E-state index contributed by atoms with van der Waals surface area (Å²) < 4.78 is 86.7. The number of nitrogens with zero attached hydrogens (tertiary/aromatic N) is 4. The molecule has 2 bridgehead atoms. The number of morpholine rings is 1. The van der Waals surface area contributed by atoms with Gasteiger partial charge in [0.1, 0.15) is 23.9 Å². The van der Waals surface area contributed by atoms with E-state index < -0.39 is 40.7 Å². The van der Waals surface area contributed by atoms with E-state index in [2.05, 4.69) is 14.9 Å². The molecule has 6 rings (SSSR count). The summed E-state index contributed by atoms with van der Waals surface area (Å²) in [5, 5.41) is 0. The van der Waals surface area contributed by atoms with Gasteiger partial charge in [0.25, 0.3) is 0 Å². The van der Waals surface area contributed by atoms with Crippen LogP contribution in [0.25, 0.3) is 0 Å². The van der Waals surface area contributed by atoms with Crippen LogP contribution in [0.15, 0.2) is 35.3 Å². The number of pyridine rings is 1. The molecule has 0 radical (unpaired) electrons. The number of aromatic nitrogens is 3. The number of hydrogen-bond donors (Lipinski definition) is 0. The molecule has 3 aliphatic rings. The fourth-order valence-electron chi connectivity index (χ4n) is 5.60. The van der Waals surface area contributed by atoms with Gasteiger partial charge < -0.3 is 19.1 Å². The third-order valence-electron chi connectivity index (χ3n) is 7.27. The normalized spacial score (nSPS) is 21.4. The Bertz CT molecular complexity index is 1500. The molecule has 0 unspecified atom stereocenters. The Labute approximate surface area is 219 Å². The largest absolute Gasteiger partial charge is 0.472 e. The molecular weight excluding hydrogens is 527 g/mol. The topological polar surface area (TPSA) is 78.7 Å². The van der Waals surface area contributed by atoms with Crippen LogP contribution in [0.3, 0.4) is 0 Å². The molecule has 2 fully saturated rings. The maximum atomic E-state index is 14.8. The van der Waals surface area contributed by atoms with E-state index in [-0.39, 0.29) is 35.6 Å². The number of fused-ring (bicyclic) bond motifs is 3. The minimum Gasteiger partial charge on any atom is -0.472 e. The Kier molecular flexibility index (Phi) is 5.83. The lowest BCUT2D eigenvalue weighted by Crippen LogP contribution is -2.46. The van der Waals surface area contributed by atoms with Gasteiger partial charge in [-0.1, -0.05) is 13.8 Å². The minimum absolute atomic E-state index is 0.0734. The Morgan fingerprint density at radius 1 is 1.21 bits per heavy atom. The summed E-state index contributed by atoms with van der Waals surface area (Å²) in [5.74, 6) is -2.83. The van der Waals surface area contributed by atoms with Crippen molar-refractivity contribution in [2.75, 3.05) is 18.1 Å². The minimum atomic E-state index is -4.75. The fraction of sp³-hybridized carbons (Fsp3) is 0.423. The second-order valence-electron chi connectivity index (χ2n) is 10.3. The zero-order valence-electron chi connectivity index (χ0n) is 20.9. The Morgan fingerprint density at radius 2 is 1.95 bits per heavy atom. The van der Waals surface area contributed by atoms with Gasteiger partial charge in [-0.2, -0.15) is 18.2 Å². The molecule has 0 aliphatic carbocycles. The van der Waals surface area contributed by atoms with E-state index >= 15 is 0 Å². The molecule has 8 nitrogen and oxygen atoms in total. The number of alkyl halides is 3. The molecule has 13 heteroatoms. The summed E-state index contributed by atoms with van der Waals surface area (Å²) in [6, 6.07) is 3.50. The van der Waals surface area contributed by atoms with Crippen LogP contribution in [0.1, 0.15) is 43.0 Å². The fourth-order valence-corrected chi connectivity index (χ4v) is 5.60. The first-order chi connectivity index (χ1) is 18.4. The van der Waals surface area contributed by atoms with Crippen LogP contribution in [0, 0.1) is 11.6 Å². The molecule has 3 aromatic rings. The number of hydrogen-bond acceptors (Lipinski definition) is 7. The van der Waals surface area contributed by atoms with E-state index in [1.807, 2.05) is 13.8 Å². The van der Waals surface area contributed by atoms with Crippen molar-refractivity contribution in [2.45, 2.75) is 57.2 Å². The number of ether oxygens (including phenoxy) is 3. The summed E-state index contributed by atoms with van der Waals surface area (Å²) >= 11 is 0. The Morgan fingerprint density at radius 3 is 2.62 bits per heavy atom. The Balaban J connectivity index is 1.26. The highest BCUT2D eigenvalue weighted by molar-refractivity contribution is 5.60. The molecule has 0 amide bonds. The molecule has 206 valence electrons. The van der Waals surface area contributed by atoms with Crippen molar-refractivity contribution in [3.8, 4) is 17.4 Å². The van der Waals surface area contributed by atoms with Gasteiger partial charge in [0.15, 0.2) is 17.4 Å². The first kappa shape index (κ1) is 25.5. The standard InChI is InChI=1S/C26H23F5N4O4/c1-13(2)20-22(33-24(36)34-11-25-8-16(38-12-25)9-35(25)23(20)34)37-10-14-5-17(27)21(18(28)6-14)39-15-3-4-32-19(7-15)26(29,30)31/h3-7,13,16H,8-12H2,1-2H3/t16-,25+/m0/s1. The summed E-state index contributed by atoms with van der Waals surface area (Å²) in [6.07, 6.45) is -2.99. The lowest BCUT2D eigenvalue weighted by atomic mass is 10.00. The van der Waals surface area contributed by atoms with Gasteiger partial charge in [-0.05, 0) is 29.7 Å². The lowest BCUT2D eigenvalue weighted by Gasteiger charge is -2.33. The van der Waals surface area contributed by atoms with E-state index in [1.54, 1.807) is 4.57 Å². The maximum absolute atomic E-state index is 14.8. The number of rotatable bonds is 6. The van der Waals surface area contributed by atoms with Crippen molar-refractivity contribution in [3.63, 3.8) is 0 Å². The average Bonchev–Trinajstić information content (AvgIpc) is 3.53. The van der Waals surface area contributed by atoms with Gasteiger partial charge in [-0.25, -0.2) is 13.6 Å². The van der Waals surface area contributed by atoms with Gasteiger partial charge in [0, 0.05) is 25.2 Å². The molecule has 1 aromatic carbocycles. The second-order valence-corrected chi connectivity index (χ2v) is 10.3. The zero-order valence-corrected chi connectivity index (χ0v) is 20.9. The molecule has 1 spiro atoms. The van der Waals surface area contributed by atoms with Crippen LogP contribution < -0.4 is 20.1 Å². The maximum Gasteiger partial charge on any atom is 0.433 e. The van der Waals surface area contributed by atoms with E-state index in [9.17, 15) is 26.7 Å². The van der Waals surface area contributed by atoms with Crippen molar-refractivity contribution >= 4 is 5.82 Å². The van der Waals surface area contributed by atoms with Crippen LogP contribution >= 0.6 is 0 Å². The smallest absolute Gasteiger partial charge is 0.433 e. The van der Waals surface area contributed by atoms with E-state index in [0.29, 0.717) is 25.8 Å². The van der Waals surface area contributed by atoms with E-state index in [0.717, 1.165) is 42.2 Å². The van der Waals surface area contributed by atoms with E-state index in [1.165, 1.54) is 0 Å². The van der Waals surface area contributed by atoms with Gasteiger partial charge >= 0.3 is 11.9 Å². The van der Waals surface area contributed by atoms with Crippen LogP contribution in [0.4, 0.5) is 27.8 Å². The molecule has 2 aromatic heterocycles. The molecule has 2 atom stereocenters. The zero-order chi connectivity index (χ0) is 27.7. The van der Waals surface area contributed by atoms with Crippen LogP contribution in [-0.2, 0) is 24.1 Å². The molecule has 0 saturated carbocycles. The third-order valence-corrected chi connectivity index (χ3v) is 7.27. The molecule has 3 aliphatic heterocycles. The molecule has 0 N–H and O–H groups in total. The lowest BCUT2D eigenvalue weighted by molar-refractivity contribution is -0.141. The monoisotopic (exact) mass is 550 g/mol. The van der Waals surface area contributed by atoms with E-state index in [4.69, 9.17) is 14.2 Å². The van der Waals surface area contributed by atoms with Crippen molar-refractivity contribution in [1.82, 2.24) is 14.5 Å². The average molecular weight is 550 g/mol. The van der Waals surface area contributed by atoms with Crippen molar-refractivity contribution < 1.29 is 36.2 Å². The quantitative estimate of drug-likeness (QED) is 0.409. The Hall–Kier alpha value is -3.74. The molecule has 39 heavy (non-hydrogen) atoms. The molecular formula is C26H23F5N4O4. The molecule has 5 heterocycles. The highest BCUT2D eigenvalue weighted by Gasteiger charge is 2.57. The second kappa shape index (κ2) is 8.90. The third kappa shape index (κ3) is 4.28. The summed E-state index contributed by atoms with van der Waals surface area (Å²) in [5.41, 5.74) is -1.22. The van der Waals surface area contributed by atoms with Crippen molar-refractivity contribution in [1.29, 1.82) is 0 Å². The van der Waals surface area contributed by atoms with Gasteiger partial charge in [0.05, 0.1) is 30.4 Å². The van der Waals surface area contributed by atoms with Gasteiger partial charge in [-0.3, -0.25) is 9.55 Å². The summed E-state index contributed by atoms with van der Waals surface area (Å²) in [7, 11) is 0. The van der Waals surface area contributed by atoms with Crippen molar-refractivity contribution in [2.24, 2.45) is 0 Å². The summed E-state index contributed by atoms with van der Waals surface area (Å²) in [4.78, 5) is 22.5. The van der Waals surface area contributed by atoms with Crippen LogP contribution in [0.5, 0.6) is 17.4 Å². The number of anilines is 1. The van der Waals surface area contributed by atoms with Crippen LogP contribution in [-0.4, -0.2) is 39.3 Å². The summed E-state index contributed by atoms with van der Waals surface area (Å²) in [6.45, 7) is 5.23. The van der Waals surface area contributed by atoms with Gasteiger partial charge in [-0.15, -0.1) is 0 Å². The molecule has 2 saturated heterocycles. The predicted molar refractivity (Wildman–Crippen MR) is 127 cm³/mol. The predicted octanol–water partition coefficient (Wildman–Crippen LogP) is 4.79. The number of halogens is 5. The SMILES string of the molecule is CC(C)c1c(OCc2cc(F)c(Oc3ccnc(C(F)(F)F)c3)c(F)c2)nc(=O)n2c1N1C[C@@H]3C[C@]1(CO3)C2. The highest BCUT2D eigenvalue weighted by Crippen LogP contribution is 2.49. The van der Waals surface area contributed by atoms with Crippen LogP contribution in [0.2, 0.25) is 0 Å². The first-order valence-electron chi connectivity index (χ1n) is 12.3. The highest BCUT2D eigenvalue weighted by atomic mass is 19.4. The number of benzene rings is 1. The first-order valence-corrected chi connectivity index (χ1v) is 12.3. The van der Waals surface area contributed by atoms with Crippen molar-refractivity contribution in [3.05, 3.63) is 69.4 Å².